The van der Waals surface area contributed by atoms with Crippen LogP contribution in [0.15, 0.2) is 0 Å². The van der Waals surface area contributed by atoms with Gasteiger partial charge in [0.05, 0.1) is 13.2 Å². The highest BCUT2D eigenvalue weighted by atomic mass is 16.7. The molecule has 0 radical (unpaired) electrons. The van der Waals surface area contributed by atoms with Crippen molar-refractivity contribution in [3.8, 4) is 0 Å². The number of rotatable bonds is 3. The van der Waals surface area contributed by atoms with Crippen LogP contribution < -0.4 is 0 Å². The first kappa shape index (κ1) is 11.1. The lowest BCUT2D eigenvalue weighted by molar-refractivity contribution is -0.154. The predicted octanol–water partition coefficient (Wildman–Crippen LogP) is 2.14. The van der Waals surface area contributed by atoms with Crippen LogP contribution in [-0.2, 0) is 14.3 Å². The monoisotopic (exact) mass is 212 g/mol. The summed E-state index contributed by atoms with van der Waals surface area (Å²) >= 11 is 0. The third-order valence-corrected chi connectivity index (χ3v) is 3.69. The molecular formula is C12H20O3. The summed E-state index contributed by atoms with van der Waals surface area (Å²) in [6.07, 6.45) is 3.66. The molecular weight excluding hydrogens is 192 g/mol. The molecule has 1 heterocycles. The first-order valence-electron chi connectivity index (χ1n) is 5.89. The van der Waals surface area contributed by atoms with E-state index in [1.165, 1.54) is 0 Å². The van der Waals surface area contributed by atoms with Gasteiger partial charge in [0.1, 0.15) is 5.78 Å². The van der Waals surface area contributed by atoms with Crippen LogP contribution in [0.4, 0.5) is 0 Å². The van der Waals surface area contributed by atoms with E-state index in [1.54, 1.807) is 6.92 Å². The molecule has 1 saturated heterocycles. The molecule has 0 bridgehead atoms. The molecule has 2 atom stereocenters. The minimum Gasteiger partial charge on any atom is -0.348 e. The molecule has 2 rings (SSSR count). The van der Waals surface area contributed by atoms with Crippen LogP contribution in [0.5, 0.6) is 0 Å². The van der Waals surface area contributed by atoms with Crippen molar-refractivity contribution in [2.45, 2.75) is 45.3 Å². The van der Waals surface area contributed by atoms with Gasteiger partial charge in [0.25, 0.3) is 0 Å². The van der Waals surface area contributed by atoms with Gasteiger partial charge in [-0.2, -0.15) is 0 Å². The van der Waals surface area contributed by atoms with Gasteiger partial charge in [-0.15, -0.1) is 0 Å². The molecule has 2 fully saturated rings. The van der Waals surface area contributed by atoms with Crippen LogP contribution in [0, 0.1) is 11.8 Å². The molecule has 0 amide bonds. The van der Waals surface area contributed by atoms with E-state index in [9.17, 15) is 4.79 Å². The summed E-state index contributed by atoms with van der Waals surface area (Å²) in [5, 5.41) is 0. The molecule has 0 aromatic heterocycles. The van der Waals surface area contributed by atoms with Gasteiger partial charge >= 0.3 is 0 Å². The number of Topliss-reactive ketones (excluding diaryl/α,β-unsaturated/α-hetero) is 1. The molecule has 0 aromatic carbocycles. The summed E-state index contributed by atoms with van der Waals surface area (Å²) in [6.45, 7) is 5.36. The second-order valence-corrected chi connectivity index (χ2v) is 4.99. The van der Waals surface area contributed by atoms with Crippen molar-refractivity contribution in [1.82, 2.24) is 0 Å². The Kier molecular flexibility index (Phi) is 3.12. The molecule has 0 N–H and O–H groups in total. The van der Waals surface area contributed by atoms with Crippen molar-refractivity contribution >= 4 is 5.78 Å². The van der Waals surface area contributed by atoms with Crippen molar-refractivity contribution in [1.29, 1.82) is 0 Å². The zero-order chi connectivity index (χ0) is 10.9. The lowest BCUT2D eigenvalue weighted by Crippen LogP contribution is -2.26. The SMILES string of the molecule is CC(=O)CC[C@@H]1CC2(C[C@@H]1C)OCCO2. The minimum atomic E-state index is -0.291. The molecule has 1 aliphatic heterocycles. The molecule has 1 saturated carbocycles. The van der Waals surface area contributed by atoms with E-state index >= 15 is 0 Å². The Morgan fingerprint density at radius 3 is 2.60 bits per heavy atom. The molecule has 3 nitrogen and oxygen atoms in total. The Morgan fingerprint density at radius 2 is 2.00 bits per heavy atom. The first-order chi connectivity index (χ1) is 7.11. The standard InChI is InChI=1S/C12H20O3/c1-9-7-12(14-5-6-15-12)8-11(9)4-3-10(2)13/h9,11H,3-8H2,1-2H3/t9-,11+/m0/s1. The second-order valence-electron chi connectivity index (χ2n) is 4.99. The Balaban J connectivity index is 1.89. The molecule has 0 aromatic rings. The fraction of sp³-hybridized carbons (Fsp3) is 0.917. The lowest BCUT2D eigenvalue weighted by atomic mass is 9.92. The van der Waals surface area contributed by atoms with E-state index in [2.05, 4.69) is 6.92 Å². The van der Waals surface area contributed by atoms with Gasteiger partial charge in [0, 0.05) is 19.3 Å². The van der Waals surface area contributed by atoms with Crippen LogP contribution in [0.25, 0.3) is 0 Å². The van der Waals surface area contributed by atoms with Gasteiger partial charge < -0.3 is 14.3 Å². The number of carbonyl (C=O) groups is 1. The second kappa shape index (κ2) is 4.22. The van der Waals surface area contributed by atoms with Crippen molar-refractivity contribution < 1.29 is 14.3 Å². The number of hydrogen-bond donors (Lipinski definition) is 0. The van der Waals surface area contributed by atoms with Gasteiger partial charge in [-0.25, -0.2) is 0 Å². The van der Waals surface area contributed by atoms with E-state index < -0.39 is 0 Å². The van der Waals surface area contributed by atoms with Gasteiger partial charge in [-0.3, -0.25) is 0 Å². The lowest BCUT2D eigenvalue weighted by Gasteiger charge is -2.21. The summed E-state index contributed by atoms with van der Waals surface area (Å²) in [7, 11) is 0. The number of hydrogen-bond acceptors (Lipinski definition) is 3. The normalized spacial score (nSPS) is 33.7. The zero-order valence-electron chi connectivity index (χ0n) is 9.62. The Morgan fingerprint density at radius 1 is 1.33 bits per heavy atom. The smallest absolute Gasteiger partial charge is 0.169 e. The summed E-state index contributed by atoms with van der Waals surface area (Å²) in [6, 6.07) is 0. The molecule has 2 aliphatic rings. The summed E-state index contributed by atoms with van der Waals surface area (Å²) in [5.41, 5.74) is 0. The molecule has 15 heavy (non-hydrogen) atoms. The van der Waals surface area contributed by atoms with Gasteiger partial charge in [0.2, 0.25) is 0 Å². The third-order valence-electron chi connectivity index (χ3n) is 3.69. The fourth-order valence-electron chi connectivity index (χ4n) is 2.85. The van der Waals surface area contributed by atoms with Crippen molar-refractivity contribution in [3.05, 3.63) is 0 Å². The average Bonchev–Trinajstić information content (AvgIpc) is 2.72. The Labute approximate surface area is 91.1 Å². The maximum atomic E-state index is 11.0. The summed E-state index contributed by atoms with van der Waals surface area (Å²) in [4.78, 5) is 11.0. The number of ketones is 1. The fourth-order valence-corrected chi connectivity index (χ4v) is 2.85. The van der Waals surface area contributed by atoms with Crippen LogP contribution >= 0.6 is 0 Å². The number of carbonyl (C=O) groups excluding carboxylic acids is 1. The molecule has 3 heteroatoms. The maximum absolute atomic E-state index is 11.0. The van der Waals surface area contributed by atoms with Crippen LogP contribution in [0.3, 0.4) is 0 Å². The summed E-state index contributed by atoms with van der Waals surface area (Å²) < 4.78 is 11.4. The predicted molar refractivity (Wildman–Crippen MR) is 56.4 cm³/mol. The minimum absolute atomic E-state index is 0.288. The highest BCUT2D eigenvalue weighted by Crippen LogP contribution is 2.46. The van der Waals surface area contributed by atoms with Crippen molar-refractivity contribution in [2.75, 3.05) is 13.2 Å². The van der Waals surface area contributed by atoms with E-state index in [0.717, 1.165) is 32.5 Å². The Hall–Kier alpha value is -0.410. The quantitative estimate of drug-likeness (QED) is 0.719. The average molecular weight is 212 g/mol. The van der Waals surface area contributed by atoms with Crippen LogP contribution in [-0.4, -0.2) is 24.8 Å². The number of ether oxygens (including phenoxy) is 2. The largest absolute Gasteiger partial charge is 0.348 e. The zero-order valence-corrected chi connectivity index (χ0v) is 9.62. The highest BCUT2D eigenvalue weighted by Gasteiger charge is 2.47. The van der Waals surface area contributed by atoms with Crippen molar-refractivity contribution in [3.63, 3.8) is 0 Å². The van der Waals surface area contributed by atoms with Crippen LogP contribution in [0.1, 0.15) is 39.5 Å². The van der Waals surface area contributed by atoms with Gasteiger partial charge in [-0.05, 0) is 25.2 Å². The molecule has 1 aliphatic carbocycles. The topological polar surface area (TPSA) is 35.5 Å². The summed E-state index contributed by atoms with van der Waals surface area (Å²) in [5.74, 6) is 1.20. The van der Waals surface area contributed by atoms with Gasteiger partial charge in [0.15, 0.2) is 5.79 Å². The highest BCUT2D eigenvalue weighted by molar-refractivity contribution is 5.75. The van der Waals surface area contributed by atoms with Gasteiger partial charge in [-0.1, -0.05) is 6.92 Å². The third kappa shape index (κ3) is 2.40. The Bertz CT molecular complexity index is 243. The van der Waals surface area contributed by atoms with E-state index in [1.807, 2.05) is 0 Å². The van der Waals surface area contributed by atoms with Crippen molar-refractivity contribution in [2.24, 2.45) is 11.8 Å². The molecule has 86 valence electrons. The molecule has 0 unspecified atom stereocenters. The van der Waals surface area contributed by atoms with Crippen LogP contribution in [0.2, 0.25) is 0 Å². The van der Waals surface area contributed by atoms with E-state index in [0.29, 0.717) is 18.3 Å². The maximum Gasteiger partial charge on any atom is 0.169 e. The first-order valence-corrected chi connectivity index (χ1v) is 5.89. The molecule has 1 spiro atoms. The van der Waals surface area contributed by atoms with E-state index in [-0.39, 0.29) is 11.6 Å². The van der Waals surface area contributed by atoms with E-state index in [4.69, 9.17) is 9.47 Å².